The lowest BCUT2D eigenvalue weighted by molar-refractivity contribution is 0.0605. The zero-order valence-electron chi connectivity index (χ0n) is 9.70. The zero-order chi connectivity index (χ0) is 12.0. The van der Waals surface area contributed by atoms with Crippen LogP contribution < -0.4 is 5.32 Å². The van der Waals surface area contributed by atoms with Crippen molar-refractivity contribution < 1.29 is 14.3 Å². The molecule has 0 aliphatic carbocycles. The Labute approximate surface area is 98.8 Å². The maximum absolute atomic E-state index is 11.3. The van der Waals surface area contributed by atoms with Crippen LogP contribution in [0.15, 0.2) is 0 Å². The van der Waals surface area contributed by atoms with Gasteiger partial charge in [-0.1, -0.05) is 11.3 Å². The van der Waals surface area contributed by atoms with E-state index >= 15 is 0 Å². The fraction of sp³-hybridized carbons (Fsp3) is 0.600. The first-order valence-corrected chi connectivity index (χ1v) is 5.88. The van der Waals surface area contributed by atoms with E-state index < -0.39 is 0 Å². The second-order valence-corrected chi connectivity index (χ2v) is 4.05. The van der Waals surface area contributed by atoms with E-state index in [0.29, 0.717) is 30.3 Å². The fourth-order valence-electron chi connectivity index (χ4n) is 1.13. The number of hydrogen-bond donors (Lipinski definition) is 1. The molecule has 0 radical (unpaired) electrons. The third-order valence-corrected chi connectivity index (χ3v) is 2.99. The van der Waals surface area contributed by atoms with E-state index in [1.54, 1.807) is 6.92 Å². The van der Waals surface area contributed by atoms with Crippen molar-refractivity contribution in [2.75, 3.05) is 32.2 Å². The van der Waals surface area contributed by atoms with Crippen molar-refractivity contribution in [2.24, 2.45) is 0 Å². The minimum absolute atomic E-state index is 0.340. The van der Waals surface area contributed by atoms with Crippen LogP contribution in [0.5, 0.6) is 0 Å². The Hall–Kier alpha value is -1.14. The minimum Gasteiger partial charge on any atom is -0.465 e. The predicted octanol–water partition coefficient (Wildman–Crippen LogP) is 1.69. The normalized spacial score (nSPS) is 10.2. The summed E-state index contributed by atoms with van der Waals surface area (Å²) in [5.74, 6) is -0.340. The Balaban J connectivity index is 2.52. The van der Waals surface area contributed by atoms with Gasteiger partial charge in [-0.05, 0) is 13.8 Å². The minimum atomic E-state index is -0.340. The van der Waals surface area contributed by atoms with E-state index in [2.05, 4.69) is 15.0 Å². The molecule has 1 rings (SSSR count). The molecule has 90 valence electrons. The lowest BCUT2D eigenvalue weighted by Gasteiger charge is -2.01. The van der Waals surface area contributed by atoms with Gasteiger partial charge in [-0.2, -0.15) is 0 Å². The number of carbonyl (C=O) groups is 1. The van der Waals surface area contributed by atoms with Gasteiger partial charge < -0.3 is 14.8 Å². The van der Waals surface area contributed by atoms with Crippen LogP contribution >= 0.6 is 11.3 Å². The molecule has 0 saturated carbocycles. The van der Waals surface area contributed by atoms with Gasteiger partial charge in [-0.25, -0.2) is 9.78 Å². The molecule has 6 heteroatoms. The number of nitrogens with zero attached hydrogens (tertiary/aromatic N) is 1. The second-order valence-electron chi connectivity index (χ2n) is 3.05. The van der Waals surface area contributed by atoms with Crippen LogP contribution in [0.4, 0.5) is 5.13 Å². The van der Waals surface area contributed by atoms with Gasteiger partial charge in [0.2, 0.25) is 0 Å². The number of aryl methyl sites for hydroxylation is 1. The average Bonchev–Trinajstić information content (AvgIpc) is 2.65. The number of nitrogens with one attached hydrogen (secondary N) is 1. The lowest BCUT2D eigenvalue weighted by atomic mass is 10.4. The summed E-state index contributed by atoms with van der Waals surface area (Å²) in [6.07, 6.45) is 0. The van der Waals surface area contributed by atoms with Gasteiger partial charge in [0.25, 0.3) is 0 Å². The fourth-order valence-corrected chi connectivity index (χ4v) is 2.04. The molecule has 0 unspecified atom stereocenters. The largest absolute Gasteiger partial charge is 0.465 e. The van der Waals surface area contributed by atoms with Gasteiger partial charge >= 0.3 is 5.97 Å². The summed E-state index contributed by atoms with van der Waals surface area (Å²) in [7, 11) is 1.36. The number of ether oxygens (including phenoxy) is 2. The van der Waals surface area contributed by atoms with Gasteiger partial charge in [0, 0.05) is 13.2 Å². The summed E-state index contributed by atoms with van der Waals surface area (Å²) < 4.78 is 9.84. The molecular formula is C10H16N2O3S. The van der Waals surface area contributed by atoms with Crippen molar-refractivity contribution >= 4 is 22.4 Å². The number of hydrogen-bond acceptors (Lipinski definition) is 6. The first kappa shape index (κ1) is 12.9. The van der Waals surface area contributed by atoms with Crippen molar-refractivity contribution in [3.63, 3.8) is 0 Å². The zero-order valence-corrected chi connectivity index (χ0v) is 10.5. The number of thiazole rings is 1. The topological polar surface area (TPSA) is 60.5 Å². The van der Waals surface area contributed by atoms with Crippen LogP contribution in [0.2, 0.25) is 0 Å². The molecule has 5 nitrogen and oxygen atoms in total. The Bertz CT molecular complexity index is 352. The van der Waals surface area contributed by atoms with E-state index in [4.69, 9.17) is 4.74 Å². The number of aromatic nitrogens is 1. The smallest absolute Gasteiger partial charge is 0.350 e. The standard InChI is InChI=1S/C10H16N2O3S/c1-4-15-6-5-11-10-12-7(2)8(16-10)9(13)14-3/h4-6H2,1-3H3,(H,11,12). The molecule has 1 N–H and O–H groups in total. The van der Waals surface area contributed by atoms with Crippen molar-refractivity contribution in [3.8, 4) is 0 Å². The van der Waals surface area contributed by atoms with E-state index in [9.17, 15) is 4.79 Å². The maximum Gasteiger partial charge on any atom is 0.350 e. The molecular weight excluding hydrogens is 228 g/mol. The summed E-state index contributed by atoms with van der Waals surface area (Å²) >= 11 is 1.30. The molecule has 0 fully saturated rings. The summed E-state index contributed by atoms with van der Waals surface area (Å²) in [5.41, 5.74) is 0.691. The molecule has 0 bridgehead atoms. The van der Waals surface area contributed by atoms with Gasteiger partial charge in [-0.3, -0.25) is 0 Å². The van der Waals surface area contributed by atoms with E-state index in [0.717, 1.165) is 5.13 Å². The van der Waals surface area contributed by atoms with Crippen LogP contribution in [-0.4, -0.2) is 37.8 Å². The molecule has 1 aromatic heterocycles. The molecule has 0 amide bonds. The molecule has 1 aromatic rings. The van der Waals surface area contributed by atoms with Crippen molar-refractivity contribution in [1.82, 2.24) is 4.98 Å². The van der Waals surface area contributed by atoms with E-state index in [1.165, 1.54) is 18.4 Å². The molecule has 0 saturated heterocycles. The van der Waals surface area contributed by atoms with Crippen LogP contribution in [0, 0.1) is 6.92 Å². The number of carbonyl (C=O) groups excluding carboxylic acids is 1. The van der Waals surface area contributed by atoms with Gasteiger partial charge in [0.15, 0.2) is 5.13 Å². The van der Waals surface area contributed by atoms with Crippen LogP contribution in [0.3, 0.4) is 0 Å². The molecule has 0 atom stereocenters. The van der Waals surface area contributed by atoms with Crippen LogP contribution in [-0.2, 0) is 9.47 Å². The predicted molar refractivity (Wildman–Crippen MR) is 63.2 cm³/mol. The summed E-state index contributed by atoms with van der Waals surface area (Å²) in [4.78, 5) is 16.1. The lowest BCUT2D eigenvalue weighted by Crippen LogP contribution is -2.08. The molecule has 1 heterocycles. The third-order valence-electron chi connectivity index (χ3n) is 1.89. The number of anilines is 1. The summed E-state index contributed by atoms with van der Waals surface area (Å²) in [6.45, 7) is 5.75. The molecule has 0 aliphatic heterocycles. The highest BCUT2D eigenvalue weighted by molar-refractivity contribution is 7.17. The summed E-state index contributed by atoms with van der Waals surface area (Å²) in [5, 5.41) is 3.81. The monoisotopic (exact) mass is 244 g/mol. The highest BCUT2D eigenvalue weighted by Gasteiger charge is 2.14. The van der Waals surface area contributed by atoms with Gasteiger partial charge in [-0.15, -0.1) is 0 Å². The first-order valence-electron chi connectivity index (χ1n) is 5.06. The Morgan fingerprint density at radius 2 is 2.31 bits per heavy atom. The quantitative estimate of drug-likeness (QED) is 0.609. The first-order chi connectivity index (χ1) is 7.69. The molecule has 0 aromatic carbocycles. The molecule has 16 heavy (non-hydrogen) atoms. The number of esters is 1. The van der Waals surface area contributed by atoms with Crippen molar-refractivity contribution in [1.29, 1.82) is 0 Å². The van der Waals surface area contributed by atoms with Crippen LogP contribution in [0.25, 0.3) is 0 Å². The second kappa shape index (κ2) is 6.44. The van der Waals surface area contributed by atoms with Gasteiger partial charge in [0.05, 0.1) is 19.4 Å². The number of rotatable bonds is 6. The van der Waals surface area contributed by atoms with Gasteiger partial charge in [0.1, 0.15) is 4.88 Å². The molecule has 0 aliphatic rings. The maximum atomic E-state index is 11.3. The Kier molecular flexibility index (Phi) is 5.21. The Morgan fingerprint density at radius 3 is 2.94 bits per heavy atom. The highest BCUT2D eigenvalue weighted by Crippen LogP contribution is 2.22. The van der Waals surface area contributed by atoms with Crippen molar-refractivity contribution in [2.45, 2.75) is 13.8 Å². The highest BCUT2D eigenvalue weighted by atomic mass is 32.1. The average molecular weight is 244 g/mol. The van der Waals surface area contributed by atoms with Crippen LogP contribution in [0.1, 0.15) is 22.3 Å². The number of methoxy groups -OCH3 is 1. The molecule has 0 spiro atoms. The van der Waals surface area contributed by atoms with Crippen molar-refractivity contribution in [3.05, 3.63) is 10.6 Å². The third kappa shape index (κ3) is 3.46. The van der Waals surface area contributed by atoms with E-state index in [-0.39, 0.29) is 5.97 Å². The SMILES string of the molecule is CCOCCNc1nc(C)c(C(=O)OC)s1. The Morgan fingerprint density at radius 1 is 1.56 bits per heavy atom. The van der Waals surface area contributed by atoms with E-state index in [1.807, 2.05) is 6.92 Å². The summed E-state index contributed by atoms with van der Waals surface area (Å²) in [6, 6.07) is 0.